The van der Waals surface area contributed by atoms with E-state index in [1.165, 1.54) is 0 Å². The van der Waals surface area contributed by atoms with Crippen LogP contribution in [0.1, 0.15) is 36.9 Å². The van der Waals surface area contributed by atoms with E-state index in [0.29, 0.717) is 34.6 Å². The number of halogens is 1. The van der Waals surface area contributed by atoms with Gasteiger partial charge in [0.15, 0.2) is 22.4 Å². The van der Waals surface area contributed by atoms with E-state index in [4.69, 9.17) is 21.3 Å². The van der Waals surface area contributed by atoms with Crippen LogP contribution in [0.5, 0.6) is 0 Å². The van der Waals surface area contributed by atoms with Crippen LogP contribution in [0.15, 0.2) is 47.8 Å². The molecule has 1 unspecified atom stereocenters. The second-order valence-corrected chi connectivity index (χ2v) is 8.04. The van der Waals surface area contributed by atoms with Crippen molar-refractivity contribution in [2.45, 2.75) is 25.5 Å². The Morgan fingerprint density at radius 3 is 2.69 bits per heavy atom. The summed E-state index contributed by atoms with van der Waals surface area (Å²) < 4.78 is 8.03. The third kappa shape index (κ3) is 3.65. The Bertz CT molecular complexity index is 1200. The largest absolute Gasteiger partial charge is 0.358 e. The van der Waals surface area contributed by atoms with Gasteiger partial charge in [0.1, 0.15) is 11.7 Å². The van der Waals surface area contributed by atoms with Crippen molar-refractivity contribution in [3.05, 3.63) is 64.4 Å². The molecule has 1 aromatic carbocycles. The summed E-state index contributed by atoms with van der Waals surface area (Å²) >= 11 is 8.09. The molecule has 1 saturated heterocycles. The highest BCUT2D eigenvalue weighted by Gasteiger charge is 2.25. The third-order valence-electron chi connectivity index (χ3n) is 4.77. The van der Waals surface area contributed by atoms with Gasteiger partial charge in [-0.25, -0.2) is 15.0 Å². The van der Waals surface area contributed by atoms with Crippen molar-refractivity contribution in [1.29, 1.82) is 0 Å². The summed E-state index contributed by atoms with van der Waals surface area (Å²) in [6.07, 6.45) is 2.88. The Labute approximate surface area is 177 Å². The highest BCUT2D eigenvalue weighted by Crippen LogP contribution is 2.32. The Morgan fingerprint density at radius 1 is 1.03 bits per heavy atom. The SMILES string of the molecule is Clc1nc(-c2cccs2)nc2c1nc(C#Cc1ccccc1)n2C1CCCCO1. The van der Waals surface area contributed by atoms with Gasteiger partial charge in [-0.05, 0) is 48.8 Å². The van der Waals surface area contributed by atoms with Gasteiger partial charge >= 0.3 is 0 Å². The monoisotopic (exact) mass is 420 g/mol. The summed E-state index contributed by atoms with van der Waals surface area (Å²) in [6.45, 7) is 0.715. The lowest BCUT2D eigenvalue weighted by Crippen LogP contribution is -2.19. The molecule has 4 heterocycles. The van der Waals surface area contributed by atoms with Crippen LogP contribution >= 0.6 is 22.9 Å². The van der Waals surface area contributed by atoms with Crippen molar-refractivity contribution in [3.63, 3.8) is 0 Å². The van der Waals surface area contributed by atoms with Crippen LogP contribution < -0.4 is 0 Å². The number of hydrogen-bond acceptors (Lipinski definition) is 5. The summed E-state index contributed by atoms with van der Waals surface area (Å²) in [7, 11) is 0. The minimum absolute atomic E-state index is 0.157. The maximum atomic E-state index is 6.51. The minimum Gasteiger partial charge on any atom is -0.358 e. The van der Waals surface area contributed by atoms with E-state index < -0.39 is 0 Å². The quantitative estimate of drug-likeness (QED) is 0.326. The summed E-state index contributed by atoms with van der Waals surface area (Å²) in [5.74, 6) is 7.57. The summed E-state index contributed by atoms with van der Waals surface area (Å²) in [5, 5.41) is 2.32. The zero-order chi connectivity index (χ0) is 19.6. The first-order chi connectivity index (χ1) is 14.3. The summed E-state index contributed by atoms with van der Waals surface area (Å²) in [4.78, 5) is 14.9. The third-order valence-corrected chi connectivity index (χ3v) is 5.90. The lowest BCUT2D eigenvalue weighted by atomic mass is 10.2. The van der Waals surface area contributed by atoms with Crippen molar-refractivity contribution in [2.75, 3.05) is 6.61 Å². The van der Waals surface area contributed by atoms with Crippen LogP contribution in [0.25, 0.3) is 21.9 Å². The molecule has 3 aromatic heterocycles. The molecule has 5 nitrogen and oxygen atoms in total. The Kier molecular flexibility index (Phi) is 5.03. The van der Waals surface area contributed by atoms with E-state index in [1.54, 1.807) is 11.3 Å². The molecule has 0 bridgehead atoms. The molecule has 0 spiro atoms. The van der Waals surface area contributed by atoms with Crippen LogP contribution in [0.3, 0.4) is 0 Å². The average Bonchev–Trinajstić information content (AvgIpc) is 3.42. The smallest absolute Gasteiger partial charge is 0.190 e. The number of nitrogens with zero attached hydrogens (tertiary/aromatic N) is 4. The van der Waals surface area contributed by atoms with Gasteiger partial charge in [-0.3, -0.25) is 4.57 Å². The predicted molar refractivity (Wildman–Crippen MR) is 115 cm³/mol. The van der Waals surface area contributed by atoms with Crippen molar-refractivity contribution in [2.24, 2.45) is 0 Å². The number of benzene rings is 1. The number of ether oxygens (including phenoxy) is 1. The van der Waals surface area contributed by atoms with Gasteiger partial charge in [0.05, 0.1) is 4.88 Å². The zero-order valence-corrected chi connectivity index (χ0v) is 17.1. The van der Waals surface area contributed by atoms with Gasteiger partial charge in [-0.2, -0.15) is 0 Å². The number of imidazole rings is 1. The van der Waals surface area contributed by atoms with E-state index >= 15 is 0 Å². The average molecular weight is 421 g/mol. The van der Waals surface area contributed by atoms with E-state index in [9.17, 15) is 0 Å². The molecular weight excluding hydrogens is 404 g/mol. The second-order valence-electron chi connectivity index (χ2n) is 6.73. The Balaban J connectivity index is 1.69. The fourth-order valence-corrected chi connectivity index (χ4v) is 4.26. The first-order valence-corrected chi connectivity index (χ1v) is 10.7. The number of rotatable bonds is 2. The minimum atomic E-state index is -0.157. The molecule has 0 amide bonds. The lowest BCUT2D eigenvalue weighted by Gasteiger charge is -2.24. The number of aromatic nitrogens is 4. The van der Waals surface area contributed by atoms with Crippen molar-refractivity contribution in [3.8, 4) is 22.5 Å². The van der Waals surface area contributed by atoms with Crippen LogP contribution in [-0.2, 0) is 4.74 Å². The van der Waals surface area contributed by atoms with Crippen LogP contribution in [0, 0.1) is 11.8 Å². The first kappa shape index (κ1) is 18.3. The summed E-state index contributed by atoms with van der Waals surface area (Å²) in [5.41, 5.74) is 2.14. The molecule has 144 valence electrons. The molecule has 0 radical (unpaired) electrons. The molecule has 29 heavy (non-hydrogen) atoms. The highest BCUT2D eigenvalue weighted by molar-refractivity contribution is 7.13. The van der Waals surface area contributed by atoms with Crippen LogP contribution in [0.2, 0.25) is 5.15 Å². The summed E-state index contributed by atoms with van der Waals surface area (Å²) in [6, 6.07) is 13.8. The van der Waals surface area contributed by atoms with E-state index in [1.807, 2.05) is 52.4 Å². The molecule has 0 N–H and O–H groups in total. The normalized spacial score (nSPS) is 16.5. The molecule has 5 rings (SSSR count). The molecular formula is C22H17ClN4OS. The van der Waals surface area contributed by atoms with Gasteiger partial charge in [-0.1, -0.05) is 41.8 Å². The zero-order valence-electron chi connectivity index (χ0n) is 15.5. The second kappa shape index (κ2) is 7.96. The van der Waals surface area contributed by atoms with Gasteiger partial charge in [0, 0.05) is 12.2 Å². The molecule has 1 atom stereocenters. The highest BCUT2D eigenvalue weighted by atomic mass is 35.5. The predicted octanol–water partition coefficient (Wildman–Crippen LogP) is 5.31. The van der Waals surface area contributed by atoms with Gasteiger partial charge in [0.2, 0.25) is 0 Å². The fourth-order valence-electron chi connectivity index (χ4n) is 3.39. The van der Waals surface area contributed by atoms with E-state index in [-0.39, 0.29) is 6.23 Å². The van der Waals surface area contributed by atoms with Crippen molar-refractivity contribution in [1.82, 2.24) is 19.5 Å². The van der Waals surface area contributed by atoms with Crippen molar-refractivity contribution >= 4 is 34.1 Å². The Morgan fingerprint density at radius 2 is 1.93 bits per heavy atom. The topological polar surface area (TPSA) is 52.8 Å². The van der Waals surface area contributed by atoms with E-state index in [0.717, 1.165) is 29.7 Å². The maximum absolute atomic E-state index is 6.51. The molecule has 7 heteroatoms. The van der Waals surface area contributed by atoms with Crippen LogP contribution in [-0.4, -0.2) is 26.1 Å². The molecule has 0 aliphatic carbocycles. The fraction of sp³-hybridized carbons (Fsp3) is 0.227. The molecule has 0 saturated carbocycles. The number of hydrogen-bond donors (Lipinski definition) is 0. The van der Waals surface area contributed by atoms with E-state index in [2.05, 4.69) is 21.8 Å². The Hall–Kier alpha value is -2.72. The molecule has 1 aliphatic heterocycles. The number of fused-ring (bicyclic) bond motifs is 1. The van der Waals surface area contributed by atoms with Gasteiger partial charge in [0.25, 0.3) is 0 Å². The maximum Gasteiger partial charge on any atom is 0.190 e. The van der Waals surface area contributed by atoms with Crippen LogP contribution in [0.4, 0.5) is 0 Å². The van der Waals surface area contributed by atoms with Crippen molar-refractivity contribution < 1.29 is 4.74 Å². The van der Waals surface area contributed by atoms with Gasteiger partial charge < -0.3 is 4.74 Å². The lowest BCUT2D eigenvalue weighted by molar-refractivity contribution is -0.0302. The van der Waals surface area contributed by atoms with Gasteiger partial charge in [-0.15, -0.1) is 11.3 Å². The molecule has 1 fully saturated rings. The molecule has 1 aliphatic rings. The first-order valence-electron chi connectivity index (χ1n) is 9.47. The standard InChI is InChI=1S/C22H17ClN4OS/c23-20-19-22(26-21(25-20)16-9-6-14-29-16)27(18-10-4-5-13-28-18)17(24-19)12-11-15-7-2-1-3-8-15/h1-3,6-9,14,18H,4-5,10,13H2. The number of thiophene rings is 1. The molecule has 4 aromatic rings.